The lowest BCUT2D eigenvalue weighted by molar-refractivity contribution is 0.0106. The lowest BCUT2D eigenvalue weighted by atomic mass is 10.1. The summed E-state index contributed by atoms with van der Waals surface area (Å²) in [6, 6.07) is 5.34. The minimum Gasteiger partial charge on any atom is -0.459 e. The van der Waals surface area contributed by atoms with Crippen LogP contribution in [0.25, 0.3) is 0 Å². The van der Waals surface area contributed by atoms with Crippen LogP contribution in [0.3, 0.4) is 0 Å². The van der Waals surface area contributed by atoms with Gasteiger partial charge in [-0.05, 0) is 37.9 Å². The quantitative estimate of drug-likeness (QED) is 0.754. The van der Waals surface area contributed by atoms with Gasteiger partial charge in [0.1, 0.15) is 11.7 Å². The van der Waals surface area contributed by atoms with E-state index in [-0.39, 0.29) is 30.8 Å². The Morgan fingerprint density at radius 2 is 2.04 bits per heavy atom. The lowest BCUT2D eigenvalue weighted by Crippen LogP contribution is -2.38. The molecule has 1 saturated heterocycles. The van der Waals surface area contributed by atoms with Crippen molar-refractivity contribution in [3.05, 3.63) is 23.8 Å². The number of halogens is 1. The maximum absolute atomic E-state index is 12.5. The number of esters is 1. The average molecular weight is 356 g/mol. The first-order valence-corrected chi connectivity index (χ1v) is 8.57. The van der Waals surface area contributed by atoms with Gasteiger partial charge in [0.15, 0.2) is 11.5 Å². The Bertz CT molecular complexity index is 558. The number of likely N-dealkylation sites (tertiary alicyclic amines) is 1. The average Bonchev–Trinajstić information content (AvgIpc) is 2.94. The van der Waals surface area contributed by atoms with Crippen molar-refractivity contribution in [2.45, 2.75) is 51.9 Å². The molecule has 3 rings (SSSR count). The van der Waals surface area contributed by atoms with Crippen LogP contribution in [0.4, 0.5) is 0 Å². The summed E-state index contributed by atoms with van der Waals surface area (Å²) < 4.78 is 16.8. The molecule has 1 unspecified atom stereocenters. The molecule has 1 aromatic rings. The zero-order chi connectivity index (χ0) is 16.2. The highest BCUT2D eigenvalue weighted by molar-refractivity contribution is 5.93. The van der Waals surface area contributed by atoms with Crippen molar-refractivity contribution in [2.24, 2.45) is 0 Å². The van der Waals surface area contributed by atoms with E-state index in [1.54, 1.807) is 19.1 Å². The van der Waals surface area contributed by atoms with E-state index in [4.69, 9.17) is 14.2 Å². The second-order valence-electron chi connectivity index (χ2n) is 6.24. The number of carbonyl (C=O) groups is 1. The Labute approximate surface area is 149 Å². The second-order valence-corrected chi connectivity index (χ2v) is 6.24. The molecule has 5 nitrogen and oxygen atoms in total. The number of unbranched alkanes of at least 4 members (excludes halogenated alkanes) is 1. The Hall–Kier alpha value is -1.46. The van der Waals surface area contributed by atoms with Crippen LogP contribution in [0, 0.1) is 0 Å². The fraction of sp³-hybridized carbons (Fsp3) is 0.611. The number of carbonyl (C=O) groups excluding carboxylic acids is 1. The van der Waals surface area contributed by atoms with Crippen molar-refractivity contribution in [3.8, 4) is 11.5 Å². The predicted octanol–water partition coefficient (Wildman–Crippen LogP) is 3.65. The highest BCUT2D eigenvalue weighted by Gasteiger charge is 2.29. The SMILES string of the molecule is CCCCN1CCC(OC(=O)c2cccc3c2OC(C)O3)CC1.Cl. The number of hydrogen-bond donors (Lipinski definition) is 0. The Kier molecular flexibility index (Phi) is 6.75. The number of piperidine rings is 1. The first-order valence-electron chi connectivity index (χ1n) is 8.57. The molecule has 1 aromatic carbocycles. The van der Waals surface area contributed by atoms with Gasteiger partial charge in [0, 0.05) is 20.0 Å². The summed E-state index contributed by atoms with van der Waals surface area (Å²) in [4.78, 5) is 14.9. The van der Waals surface area contributed by atoms with E-state index in [2.05, 4.69) is 11.8 Å². The first-order chi connectivity index (χ1) is 11.2. The minimum absolute atomic E-state index is 0. The van der Waals surface area contributed by atoms with Gasteiger partial charge in [0.05, 0.1) is 0 Å². The van der Waals surface area contributed by atoms with Crippen molar-refractivity contribution >= 4 is 18.4 Å². The summed E-state index contributed by atoms with van der Waals surface area (Å²) in [5.41, 5.74) is 0.459. The van der Waals surface area contributed by atoms with Gasteiger partial charge in [-0.3, -0.25) is 0 Å². The summed E-state index contributed by atoms with van der Waals surface area (Å²) in [6.45, 7) is 7.16. The van der Waals surface area contributed by atoms with Crippen LogP contribution in [0.1, 0.15) is 49.9 Å². The van der Waals surface area contributed by atoms with Gasteiger partial charge in [0.2, 0.25) is 6.29 Å². The van der Waals surface area contributed by atoms with E-state index >= 15 is 0 Å². The Morgan fingerprint density at radius 1 is 1.29 bits per heavy atom. The normalized spacial score (nSPS) is 20.5. The zero-order valence-corrected chi connectivity index (χ0v) is 15.1. The monoisotopic (exact) mass is 355 g/mol. The summed E-state index contributed by atoms with van der Waals surface area (Å²) >= 11 is 0. The molecule has 2 aliphatic rings. The fourth-order valence-electron chi connectivity index (χ4n) is 3.11. The van der Waals surface area contributed by atoms with Crippen molar-refractivity contribution in [3.63, 3.8) is 0 Å². The van der Waals surface area contributed by atoms with Gasteiger partial charge in [0.25, 0.3) is 0 Å². The molecule has 1 fully saturated rings. The maximum atomic E-state index is 12.5. The molecule has 1 atom stereocenters. The standard InChI is InChI=1S/C18H25NO4.ClH/c1-3-4-10-19-11-8-14(9-12-19)23-18(20)15-6-5-7-16-17(15)22-13(2)21-16;/h5-7,13-14H,3-4,8-12H2,1-2H3;1H. The van der Waals surface area contributed by atoms with Crippen molar-refractivity contribution < 1.29 is 19.0 Å². The third-order valence-corrected chi connectivity index (χ3v) is 4.41. The van der Waals surface area contributed by atoms with Crippen LogP contribution < -0.4 is 9.47 Å². The van der Waals surface area contributed by atoms with E-state index in [1.165, 1.54) is 12.8 Å². The fourth-order valence-corrected chi connectivity index (χ4v) is 3.11. The third kappa shape index (κ3) is 4.33. The van der Waals surface area contributed by atoms with Crippen molar-refractivity contribution in [2.75, 3.05) is 19.6 Å². The molecular formula is C18H26ClNO4. The Balaban J connectivity index is 0.00000208. The van der Waals surface area contributed by atoms with Crippen LogP contribution in [0.2, 0.25) is 0 Å². The molecule has 6 heteroatoms. The van der Waals surface area contributed by atoms with Gasteiger partial charge in [-0.1, -0.05) is 19.4 Å². The van der Waals surface area contributed by atoms with Crippen LogP contribution in [0.5, 0.6) is 11.5 Å². The number of fused-ring (bicyclic) bond motifs is 1. The highest BCUT2D eigenvalue weighted by Crippen LogP contribution is 2.38. The second kappa shape index (κ2) is 8.58. The number of ether oxygens (including phenoxy) is 3. The Morgan fingerprint density at radius 3 is 2.75 bits per heavy atom. The first kappa shape index (κ1) is 18.9. The summed E-state index contributed by atoms with van der Waals surface area (Å²) in [5.74, 6) is 0.804. The van der Waals surface area contributed by atoms with Crippen LogP contribution in [-0.2, 0) is 4.74 Å². The molecule has 2 aliphatic heterocycles. The van der Waals surface area contributed by atoms with Crippen molar-refractivity contribution in [1.82, 2.24) is 4.90 Å². The van der Waals surface area contributed by atoms with Gasteiger partial charge in [-0.15, -0.1) is 12.4 Å². The third-order valence-electron chi connectivity index (χ3n) is 4.41. The topological polar surface area (TPSA) is 48.0 Å². The van der Waals surface area contributed by atoms with E-state index in [9.17, 15) is 4.79 Å². The van der Waals surface area contributed by atoms with E-state index < -0.39 is 0 Å². The van der Waals surface area contributed by atoms with Gasteiger partial charge >= 0.3 is 5.97 Å². The van der Waals surface area contributed by atoms with Crippen LogP contribution >= 0.6 is 12.4 Å². The number of benzene rings is 1. The van der Waals surface area contributed by atoms with Crippen LogP contribution in [-0.4, -0.2) is 42.9 Å². The lowest BCUT2D eigenvalue weighted by Gasteiger charge is -2.31. The summed E-state index contributed by atoms with van der Waals surface area (Å²) in [5, 5.41) is 0. The molecule has 24 heavy (non-hydrogen) atoms. The maximum Gasteiger partial charge on any atom is 0.342 e. The molecule has 0 spiro atoms. The van der Waals surface area contributed by atoms with Crippen molar-refractivity contribution in [1.29, 1.82) is 0 Å². The van der Waals surface area contributed by atoms with Gasteiger partial charge in [-0.25, -0.2) is 4.79 Å². The molecule has 134 valence electrons. The molecule has 0 N–H and O–H groups in total. The molecular weight excluding hydrogens is 330 g/mol. The van der Waals surface area contributed by atoms with E-state index in [0.717, 1.165) is 32.5 Å². The van der Waals surface area contributed by atoms with Gasteiger partial charge < -0.3 is 19.1 Å². The largest absolute Gasteiger partial charge is 0.459 e. The smallest absolute Gasteiger partial charge is 0.342 e. The molecule has 0 aromatic heterocycles. The number of hydrogen-bond acceptors (Lipinski definition) is 5. The number of rotatable bonds is 5. The predicted molar refractivity (Wildman–Crippen MR) is 94.2 cm³/mol. The molecule has 0 amide bonds. The molecule has 0 radical (unpaired) electrons. The highest BCUT2D eigenvalue weighted by atomic mass is 35.5. The molecule has 0 aliphatic carbocycles. The zero-order valence-electron chi connectivity index (χ0n) is 14.3. The molecule has 0 saturated carbocycles. The summed E-state index contributed by atoms with van der Waals surface area (Å²) in [7, 11) is 0. The minimum atomic E-state index is -0.360. The molecule has 0 bridgehead atoms. The van der Waals surface area contributed by atoms with E-state index in [0.29, 0.717) is 17.1 Å². The van der Waals surface area contributed by atoms with Gasteiger partial charge in [-0.2, -0.15) is 0 Å². The van der Waals surface area contributed by atoms with Crippen LogP contribution in [0.15, 0.2) is 18.2 Å². The number of nitrogens with zero attached hydrogens (tertiary/aromatic N) is 1. The molecule has 2 heterocycles. The number of para-hydroxylation sites is 1. The van der Waals surface area contributed by atoms with E-state index in [1.807, 2.05) is 6.07 Å². The summed E-state index contributed by atoms with van der Waals surface area (Å²) in [6.07, 6.45) is 3.89.